The molecule has 1 fully saturated rings. The monoisotopic (exact) mass is 348 g/mol. The van der Waals surface area contributed by atoms with Crippen molar-refractivity contribution in [1.82, 2.24) is 0 Å². The van der Waals surface area contributed by atoms with Gasteiger partial charge in [-0.15, -0.1) is 23.2 Å². The van der Waals surface area contributed by atoms with Crippen LogP contribution in [0.2, 0.25) is 0 Å². The van der Waals surface area contributed by atoms with E-state index in [9.17, 15) is 5.11 Å². The average molecular weight is 350 g/mol. The highest BCUT2D eigenvalue weighted by atomic mass is 35.5. The number of methoxy groups -OCH3 is 2. The van der Waals surface area contributed by atoms with E-state index in [1.807, 2.05) is 0 Å². The van der Waals surface area contributed by atoms with E-state index >= 15 is 0 Å². The van der Waals surface area contributed by atoms with E-state index in [0.717, 1.165) is 0 Å². The Kier molecular flexibility index (Phi) is 3.73. The highest BCUT2D eigenvalue weighted by molar-refractivity contribution is 6.52. The molecule has 3 atom stereocenters. The summed E-state index contributed by atoms with van der Waals surface area (Å²) in [6.07, 6.45) is 0.304. The van der Waals surface area contributed by atoms with Crippen molar-refractivity contribution < 1.29 is 14.6 Å². The predicted molar refractivity (Wildman–Crippen MR) is 77.1 cm³/mol. The van der Waals surface area contributed by atoms with Gasteiger partial charge in [0.25, 0.3) is 0 Å². The first-order valence-corrected chi connectivity index (χ1v) is 7.31. The van der Waals surface area contributed by atoms with Crippen LogP contribution >= 0.6 is 46.4 Å². The lowest BCUT2D eigenvalue weighted by molar-refractivity contribution is -0.222. The number of aliphatic hydroxyl groups is 1. The van der Waals surface area contributed by atoms with Crippen molar-refractivity contribution in [2.45, 2.75) is 41.4 Å². The molecule has 0 aromatic heterocycles. The minimum absolute atomic E-state index is 0.174. The van der Waals surface area contributed by atoms with Gasteiger partial charge >= 0.3 is 0 Å². The summed E-state index contributed by atoms with van der Waals surface area (Å²) >= 11 is 25.9. The number of halogens is 4. The highest BCUT2D eigenvalue weighted by Crippen LogP contribution is 2.73. The van der Waals surface area contributed by atoms with Crippen LogP contribution in [-0.4, -0.2) is 40.5 Å². The summed E-state index contributed by atoms with van der Waals surface area (Å²) in [5.41, 5.74) is -1.11. The number of ether oxygens (including phenoxy) is 2. The minimum Gasteiger partial charge on any atom is -0.390 e. The van der Waals surface area contributed by atoms with Gasteiger partial charge in [-0.2, -0.15) is 0 Å². The van der Waals surface area contributed by atoms with Crippen LogP contribution in [0.15, 0.2) is 10.1 Å². The molecular weight excluding hydrogens is 334 g/mol. The Balaban J connectivity index is 2.72. The van der Waals surface area contributed by atoms with Crippen molar-refractivity contribution in [3.05, 3.63) is 10.1 Å². The minimum atomic E-state index is -1.41. The van der Waals surface area contributed by atoms with E-state index in [4.69, 9.17) is 55.9 Å². The molecule has 3 nitrogen and oxygen atoms in total. The molecule has 2 bridgehead atoms. The maximum Gasteiger partial charge on any atom is 0.217 e. The van der Waals surface area contributed by atoms with E-state index in [2.05, 4.69) is 0 Å². The molecule has 2 aliphatic rings. The van der Waals surface area contributed by atoms with Gasteiger partial charge < -0.3 is 14.6 Å². The molecule has 2 aliphatic carbocycles. The van der Waals surface area contributed by atoms with Crippen LogP contribution < -0.4 is 0 Å². The van der Waals surface area contributed by atoms with Gasteiger partial charge in [-0.25, -0.2) is 0 Å². The van der Waals surface area contributed by atoms with Gasteiger partial charge in [-0.3, -0.25) is 0 Å². The Hall–Kier alpha value is 0.780. The molecule has 0 aromatic carbocycles. The lowest BCUT2D eigenvalue weighted by Crippen LogP contribution is -2.58. The van der Waals surface area contributed by atoms with Gasteiger partial charge in [0.15, 0.2) is 0 Å². The van der Waals surface area contributed by atoms with Crippen LogP contribution in [0.25, 0.3) is 0 Å². The summed E-state index contributed by atoms with van der Waals surface area (Å²) in [6.45, 7) is 3.30. The number of rotatable bonds is 3. The third-order valence-electron chi connectivity index (χ3n) is 4.25. The third-order valence-corrected chi connectivity index (χ3v) is 6.84. The fourth-order valence-corrected chi connectivity index (χ4v) is 5.60. The summed E-state index contributed by atoms with van der Waals surface area (Å²) in [5.74, 6) is -1.88. The molecule has 0 saturated heterocycles. The molecule has 19 heavy (non-hydrogen) atoms. The SMILES string of the molecule is COC1(OC)[C@@]2(Cl)C[C@H](C(C)(C)O)[C@]1(Cl)C(Cl)=C2Cl. The first-order valence-electron chi connectivity index (χ1n) is 5.79. The first-order chi connectivity index (χ1) is 8.53. The lowest BCUT2D eigenvalue weighted by Gasteiger charge is -2.43. The summed E-state index contributed by atoms with van der Waals surface area (Å²) in [5, 5.41) is 10.8. The molecule has 1 N–H and O–H groups in total. The van der Waals surface area contributed by atoms with E-state index in [1.54, 1.807) is 13.8 Å². The van der Waals surface area contributed by atoms with Crippen LogP contribution in [0.5, 0.6) is 0 Å². The molecular formula is C12H16Cl4O3. The molecule has 110 valence electrons. The smallest absolute Gasteiger partial charge is 0.217 e. The molecule has 0 amide bonds. The van der Waals surface area contributed by atoms with E-state index < -0.39 is 27.1 Å². The zero-order valence-corrected chi connectivity index (χ0v) is 14.1. The van der Waals surface area contributed by atoms with Crippen molar-refractivity contribution in [3.8, 4) is 0 Å². The lowest BCUT2D eigenvalue weighted by atomic mass is 9.79. The van der Waals surface area contributed by atoms with Crippen molar-refractivity contribution >= 4 is 46.4 Å². The van der Waals surface area contributed by atoms with Crippen LogP contribution in [-0.2, 0) is 9.47 Å². The van der Waals surface area contributed by atoms with Gasteiger partial charge in [0.1, 0.15) is 9.75 Å². The molecule has 7 heteroatoms. The number of fused-ring (bicyclic) bond motifs is 2. The molecule has 0 radical (unpaired) electrons. The molecule has 0 spiro atoms. The van der Waals surface area contributed by atoms with Gasteiger partial charge in [-0.05, 0) is 20.3 Å². The second-order valence-electron chi connectivity index (χ2n) is 5.58. The van der Waals surface area contributed by atoms with Crippen molar-refractivity contribution in [1.29, 1.82) is 0 Å². The number of hydrogen-bond donors (Lipinski definition) is 1. The first kappa shape index (κ1) is 16.2. The summed E-state index contributed by atoms with van der Waals surface area (Å²) in [4.78, 5) is -2.53. The molecule has 0 unspecified atom stereocenters. The van der Waals surface area contributed by atoms with Gasteiger partial charge in [0.05, 0.1) is 15.7 Å². The third kappa shape index (κ3) is 1.58. The predicted octanol–water partition coefficient (Wildman–Crippen LogP) is 3.42. The van der Waals surface area contributed by atoms with Crippen molar-refractivity contribution in [3.63, 3.8) is 0 Å². The Labute approximate surface area is 132 Å². The summed E-state index contributed by atoms with van der Waals surface area (Å²) < 4.78 is 11.0. The summed E-state index contributed by atoms with van der Waals surface area (Å²) in [6, 6.07) is 0. The molecule has 0 aliphatic heterocycles. The second kappa shape index (κ2) is 4.39. The van der Waals surface area contributed by atoms with Gasteiger partial charge in [0, 0.05) is 20.1 Å². The van der Waals surface area contributed by atoms with Crippen LogP contribution in [0.4, 0.5) is 0 Å². The zero-order valence-electron chi connectivity index (χ0n) is 11.1. The standard InChI is InChI=1S/C12H16Cl4O3/c1-9(2,17)6-5-10(15)7(13)8(14)11(6,16)12(10,18-3)19-4/h6,17H,5H2,1-4H3/t6-,10-,11+/m1/s1. The Morgan fingerprint density at radius 2 is 1.63 bits per heavy atom. The number of hydrogen-bond acceptors (Lipinski definition) is 3. The van der Waals surface area contributed by atoms with E-state index in [0.29, 0.717) is 6.42 Å². The maximum absolute atomic E-state index is 10.4. The maximum atomic E-state index is 10.4. The Morgan fingerprint density at radius 3 is 1.95 bits per heavy atom. The quantitative estimate of drug-likeness (QED) is 0.626. The summed E-state index contributed by atoms with van der Waals surface area (Å²) in [7, 11) is 2.87. The molecule has 0 aromatic rings. The van der Waals surface area contributed by atoms with Gasteiger partial charge in [0.2, 0.25) is 5.79 Å². The van der Waals surface area contributed by atoms with Gasteiger partial charge in [-0.1, -0.05) is 23.2 Å². The van der Waals surface area contributed by atoms with Crippen LogP contribution in [0.3, 0.4) is 0 Å². The fourth-order valence-electron chi connectivity index (χ4n) is 3.38. The Morgan fingerprint density at radius 1 is 1.16 bits per heavy atom. The second-order valence-corrected chi connectivity index (χ2v) is 7.57. The van der Waals surface area contributed by atoms with Crippen LogP contribution in [0, 0.1) is 5.92 Å². The normalized spacial score (nSPS) is 41.2. The zero-order chi connectivity index (χ0) is 14.9. The molecule has 2 rings (SSSR count). The average Bonchev–Trinajstić information content (AvgIpc) is 2.60. The topological polar surface area (TPSA) is 38.7 Å². The molecule has 1 saturated carbocycles. The highest BCUT2D eigenvalue weighted by Gasteiger charge is 2.82. The van der Waals surface area contributed by atoms with E-state index in [-0.39, 0.29) is 10.1 Å². The molecule has 0 heterocycles. The van der Waals surface area contributed by atoms with E-state index in [1.165, 1.54) is 14.2 Å². The van der Waals surface area contributed by atoms with Crippen LogP contribution in [0.1, 0.15) is 20.3 Å². The Bertz CT molecular complexity index is 441. The fraction of sp³-hybridized carbons (Fsp3) is 0.833. The number of alkyl halides is 2. The van der Waals surface area contributed by atoms with Crippen molar-refractivity contribution in [2.24, 2.45) is 5.92 Å². The largest absolute Gasteiger partial charge is 0.390 e. The van der Waals surface area contributed by atoms with Crippen molar-refractivity contribution in [2.75, 3.05) is 14.2 Å².